The summed E-state index contributed by atoms with van der Waals surface area (Å²) in [5.41, 5.74) is 1.82. The van der Waals surface area contributed by atoms with Crippen LogP contribution in [0.5, 0.6) is 5.75 Å². The molecule has 0 aromatic heterocycles. The van der Waals surface area contributed by atoms with Gasteiger partial charge in [-0.2, -0.15) is 5.26 Å². The summed E-state index contributed by atoms with van der Waals surface area (Å²) in [6.07, 6.45) is 0.0335. The number of amides is 3. The number of urea groups is 1. The predicted octanol–water partition coefficient (Wildman–Crippen LogP) is 4.55. The summed E-state index contributed by atoms with van der Waals surface area (Å²) in [7, 11) is 0. The van der Waals surface area contributed by atoms with Crippen molar-refractivity contribution in [2.24, 2.45) is 0 Å². The zero-order valence-corrected chi connectivity index (χ0v) is 17.1. The lowest BCUT2D eigenvalue weighted by atomic mass is 10.00. The van der Waals surface area contributed by atoms with Gasteiger partial charge >= 0.3 is 12.1 Å². The highest BCUT2D eigenvalue weighted by Crippen LogP contribution is 2.34. The van der Waals surface area contributed by atoms with Crippen LogP contribution in [0.1, 0.15) is 44.4 Å². The van der Waals surface area contributed by atoms with Crippen molar-refractivity contribution in [1.29, 1.82) is 5.26 Å². The van der Waals surface area contributed by atoms with Crippen molar-refractivity contribution in [3.63, 3.8) is 0 Å². The van der Waals surface area contributed by atoms with Gasteiger partial charge in [-0.15, -0.1) is 0 Å². The first-order chi connectivity index (χ1) is 14.2. The molecule has 2 aromatic rings. The third-order valence-electron chi connectivity index (χ3n) is 4.27. The van der Waals surface area contributed by atoms with E-state index in [0.29, 0.717) is 35.7 Å². The quantitative estimate of drug-likeness (QED) is 0.690. The zero-order valence-electron chi connectivity index (χ0n) is 17.1. The van der Waals surface area contributed by atoms with Crippen molar-refractivity contribution >= 4 is 23.5 Å². The maximum absolute atomic E-state index is 12.4. The Kier molecular flexibility index (Phi) is 6.11. The molecule has 156 valence electrons. The van der Waals surface area contributed by atoms with E-state index in [1.165, 1.54) is 0 Å². The number of ether oxygens (including phenoxy) is 2. The smallest absolute Gasteiger partial charge is 0.412 e. The van der Waals surface area contributed by atoms with E-state index in [0.717, 1.165) is 5.56 Å². The lowest BCUT2D eigenvalue weighted by molar-refractivity contribution is 0.0636. The van der Waals surface area contributed by atoms with Gasteiger partial charge < -0.3 is 20.1 Å². The van der Waals surface area contributed by atoms with Gasteiger partial charge in [-0.1, -0.05) is 0 Å². The topological polar surface area (TPSA) is 112 Å². The molecule has 8 nitrogen and oxygen atoms in total. The molecule has 0 bridgehead atoms. The third kappa shape index (κ3) is 5.64. The fraction of sp³-hybridized carbons (Fsp3) is 0.318. The molecule has 3 amide bonds. The van der Waals surface area contributed by atoms with Crippen LogP contribution < -0.4 is 20.7 Å². The Hall–Kier alpha value is -3.73. The first-order valence-corrected chi connectivity index (χ1v) is 9.58. The van der Waals surface area contributed by atoms with E-state index in [1.807, 2.05) is 6.07 Å². The molecular weight excluding hydrogens is 384 g/mol. The van der Waals surface area contributed by atoms with Gasteiger partial charge in [0, 0.05) is 23.4 Å². The molecule has 8 heteroatoms. The molecule has 1 aliphatic heterocycles. The van der Waals surface area contributed by atoms with E-state index in [9.17, 15) is 9.59 Å². The summed E-state index contributed by atoms with van der Waals surface area (Å²) in [6.45, 7) is 5.84. The van der Waals surface area contributed by atoms with Gasteiger partial charge in [0.05, 0.1) is 24.3 Å². The summed E-state index contributed by atoms with van der Waals surface area (Å²) in [4.78, 5) is 24.5. The lowest BCUT2D eigenvalue weighted by Gasteiger charge is -2.27. The maximum atomic E-state index is 12.4. The second kappa shape index (κ2) is 8.74. The molecular formula is C22H24N4O4. The average Bonchev–Trinajstić information content (AvgIpc) is 2.67. The highest BCUT2D eigenvalue weighted by atomic mass is 16.6. The summed E-state index contributed by atoms with van der Waals surface area (Å²) in [5, 5.41) is 17.2. The fourth-order valence-electron chi connectivity index (χ4n) is 3.00. The number of nitriles is 1. The van der Waals surface area contributed by atoms with Crippen molar-refractivity contribution in [1.82, 2.24) is 5.32 Å². The number of carbonyl (C=O) groups excluding carboxylic acids is 2. The molecule has 1 aliphatic rings. The maximum Gasteiger partial charge on any atom is 0.412 e. The summed E-state index contributed by atoms with van der Waals surface area (Å²) >= 11 is 0. The molecule has 0 saturated carbocycles. The van der Waals surface area contributed by atoms with E-state index in [-0.39, 0.29) is 12.1 Å². The summed E-state index contributed by atoms with van der Waals surface area (Å²) in [5.74, 6) is 0.652. The summed E-state index contributed by atoms with van der Waals surface area (Å²) in [6, 6.07) is 13.2. The number of fused-ring (bicyclic) bond motifs is 1. The standard InChI is InChI=1S/C22H24N4O4/c1-22(2,3)30-21(28)25-16-8-9-19-17(12-16)18(10-11-29-19)26-20(27)24-15-6-4-14(13-23)5-7-15/h4-9,12,18H,10-11H2,1-3H3,(H,25,28)(H2,24,26,27)/t18-/m0/s1. The molecule has 0 fully saturated rings. The fourth-order valence-corrected chi connectivity index (χ4v) is 3.00. The zero-order chi connectivity index (χ0) is 21.7. The van der Waals surface area contributed by atoms with Crippen molar-refractivity contribution in [2.75, 3.05) is 17.2 Å². The molecule has 0 spiro atoms. The summed E-state index contributed by atoms with van der Waals surface area (Å²) < 4.78 is 11.0. The number of rotatable bonds is 3. The van der Waals surface area contributed by atoms with Crippen LogP contribution in [0.4, 0.5) is 21.0 Å². The van der Waals surface area contributed by atoms with Crippen molar-refractivity contribution in [3.8, 4) is 11.8 Å². The SMILES string of the molecule is CC(C)(C)OC(=O)Nc1ccc2c(c1)[C@@H](NC(=O)Nc1ccc(C#N)cc1)CCO2. The number of anilines is 2. The van der Waals surface area contributed by atoms with Crippen LogP contribution in [0.3, 0.4) is 0 Å². The molecule has 1 atom stereocenters. The van der Waals surface area contributed by atoms with Crippen LogP contribution in [-0.2, 0) is 4.74 Å². The molecule has 30 heavy (non-hydrogen) atoms. The van der Waals surface area contributed by atoms with Gasteiger partial charge in [-0.25, -0.2) is 9.59 Å². The van der Waals surface area contributed by atoms with Crippen LogP contribution in [0.15, 0.2) is 42.5 Å². The van der Waals surface area contributed by atoms with E-state index in [2.05, 4.69) is 16.0 Å². The van der Waals surface area contributed by atoms with Crippen LogP contribution >= 0.6 is 0 Å². The van der Waals surface area contributed by atoms with Gasteiger partial charge in [0.25, 0.3) is 0 Å². The van der Waals surface area contributed by atoms with E-state index < -0.39 is 11.7 Å². The number of hydrogen-bond acceptors (Lipinski definition) is 5. The van der Waals surface area contributed by atoms with Crippen LogP contribution in [0.2, 0.25) is 0 Å². The van der Waals surface area contributed by atoms with Gasteiger partial charge in [0.2, 0.25) is 0 Å². The molecule has 3 N–H and O–H groups in total. The Bertz CT molecular complexity index is 974. The highest BCUT2D eigenvalue weighted by molar-refractivity contribution is 5.90. The van der Waals surface area contributed by atoms with Gasteiger partial charge in [-0.05, 0) is 63.2 Å². The third-order valence-corrected chi connectivity index (χ3v) is 4.27. The number of carbonyl (C=O) groups is 2. The van der Waals surface area contributed by atoms with Crippen LogP contribution in [-0.4, -0.2) is 24.3 Å². The molecule has 0 unspecified atom stereocenters. The van der Waals surface area contributed by atoms with Crippen LogP contribution in [0.25, 0.3) is 0 Å². The average molecular weight is 408 g/mol. The number of hydrogen-bond donors (Lipinski definition) is 3. The Morgan fingerprint density at radius 2 is 1.80 bits per heavy atom. The first kappa shape index (κ1) is 21.0. The largest absolute Gasteiger partial charge is 0.493 e. The minimum Gasteiger partial charge on any atom is -0.493 e. The van der Waals surface area contributed by atoms with Crippen molar-refractivity contribution < 1.29 is 19.1 Å². The van der Waals surface area contributed by atoms with E-state index in [4.69, 9.17) is 14.7 Å². The Morgan fingerprint density at radius 3 is 2.47 bits per heavy atom. The van der Waals surface area contributed by atoms with E-state index in [1.54, 1.807) is 63.2 Å². The van der Waals surface area contributed by atoms with Gasteiger partial charge in [-0.3, -0.25) is 5.32 Å². The molecule has 1 heterocycles. The normalized spacial score (nSPS) is 15.1. The molecule has 0 radical (unpaired) electrons. The predicted molar refractivity (Wildman–Crippen MR) is 112 cm³/mol. The Labute approximate surface area is 175 Å². The molecule has 3 rings (SSSR count). The Morgan fingerprint density at radius 1 is 1.10 bits per heavy atom. The second-order valence-corrected chi connectivity index (χ2v) is 7.86. The number of nitrogens with zero attached hydrogens (tertiary/aromatic N) is 1. The Balaban J connectivity index is 1.68. The molecule has 0 saturated heterocycles. The first-order valence-electron chi connectivity index (χ1n) is 9.58. The molecule has 2 aromatic carbocycles. The minimum atomic E-state index is -0.602. The van der Waals surface area contributed by atoms with E-state index >= 15 is 0 Å². The van der Waals surface area contributed by atoms with Gasteiger partial charge in [0.1, 0.15) is 11.4 Å². The highest BCUT2D eigenvalue weighted by Gasteiger charge is 2.24. The minimum absolute atomic E-state index is 0.285. The number of benzene rings is 2. The van der Waals surface area contributed by atoms with Crippen molar-refractivity contribution in [3.05, 3.63) is 53.6 Å². The monoisotopic (exact) mass is 408 g/mol. The lowest BCUT2D eigenvalue weighted by Crippen LogP contribution is -2.35. The number of nitrogens with one attached hydrogen (secondary N) is 3. The van der Waals surface area contributed by atoms with Gasteiger partial charge in [0.15, 0.2) is 0 Å². The van der Waals surface area contributed by atoms with Crippen molar-refractivity contribution in [2.45, 2.75) is 38.8 Å². The second-order valence-electron chi connectivity index (χ2n) is 7.86. The van der Waals surface area contributed by atoms with Crippen LogP contribution in [0, 0.1) is 11.3 Å². The molecule has 0 aliphatic carbocycles.